The van der Waals surface area contributed by atoms with Crippen molar-refractivity contribution in [3.05, 3.63) is 40.2 Å². The van der Waals surface area contributed by atoms with E-state index >= 15 is 0 Å². The van der Waals surface area contributed by atoms with Crippen molar-refractivity contribution in [1.82, 2.24) is 14.1 Å². The van der Waals surface area contributed by atoms with E-state index in [4.69, 9.17) is 21.1 Å². The van der Waals surface area contributed by atoms with Gasteiger partial charge in [0.2, 0.25) is 0 Å². The van der Waals surface area contributed by atoms with E-state index in [9.17, 15) is 0 Å². The van der Waals surface area contributed by atoms with Crippen LogP contribution in [0.5, 0.6) is 5.75 Å². The molecule has 1 aliphatic rings. The van der Waals surface area contributed by atoms with Crippen LogP contribution in [0.2, 0.25) is 5.02 Å². The summed E-state index contributed by atoms with van der Waals surface area (Å²) < 4.78 is 15.9. The summed E-state index contributed by atoms with van der Waals surface area (Å²) in [6.07, 6.45) is 2.77. The summed E-state index contributed by atoms with van der Waals surface area (Å²) in [5, 5.41) is 5.21. The number of aryl methyl sites for hydroxylation is 2. The summed E-state index contributed by atoms with van der Waals surface area (Å²) in [5.74, 6) is 0.831. The van der Waals surface area contributed by atoms with Crippen molar-refractivity contribution in [2.45, 2.75) is 43.6 Å². The SMILES string of the molecule is COc1cc(Cl)ccc1CC1(OC)CCN(Sc2c(C)nn(C)c2C)CC1. The Hall–Kier alpha value is -1.21. The van der Waals surface area contributed by atoms with Gasteiger partial charge in [-0.2, -0.15) is 5.10 Å². The zero-order valence-electron chi connectivity index (χ0n) is 16.7. The van der Waals surface area contributed by atoms with Gasteiger partial charge in [0.15, 0.2) is 0 Å². The number of nitrogens with zero attached hydrogens (tertiary/aromatic N) is 3. The van der Waals surface area contributed by atoms with Crippen LogP contribution in [0, 0.1) is 13.8 Å². The monoisotopic (exact) mass is 409 g/mol. The molecule has 0 radical (unpaired) electrons. The molecule has 0 unspecified atom stereocenters. The molecule has 0 N–H and O–H groups in total. The first-order valence-corrected chi connectivity index (χ1v) is 10.3. The molecular weight excluding hydrogens is 382 g/mol. The third-order valence-corrected chi connectivity index (χ3v) is 7.12. The molecule has 0 aliphatic carbocycles. The standard InChI is InChI=1S/C20H28ClN3O2S/c1-14-19(15(2)23(3)22-14)27-24-10-8-20(26-5,9-11-24)13-16-6-7-17(21)12-18(16)25-4/h6-7,12H,8-11,13H2,1-5H3. The van der Waals surface area contributed by atoms with Gasteiger partial charge >= 0.3 is 0 Å². The number of aromatic nitrogens is 2. The fraction of sp³-hybridized carbons (Fsp3) is 0.550. The van der Waals surface area contributed by atoms with Crippen LogP contribution in [0.15, 0.2) is 23.1 Å². The molecule has 2 heterocycles. The lowest BCUT2D eigenvalue weighted by atomic mass is 9.85. The Balaban J connectivity index is 1.68. The second kappa shape index (κ2) is 8.43. The molecule has 3 rings (SSSR count). The van der Waals surface area contributed by atoms with Gasteiger partial charge in [-0.15, -0.1) is 0 Å². The van der Waals surface area contributed by atoms with Crippen molar-refractivity contribution < 1.29 is 9.47 Å². The molecule has 7 heteroatoms. The first-order valence-electron chi connectivity index (χ1n) is 9.18. The number of rotatable bonds is 6. The van der Waals surface area contributed by atoms with Crippen molar-refractivity contribution >= 4 is 23.5 Å². The Morgan fingerprint density at radius 3 is 2.48 bits per heavy atom. The van der Waals surface area contributed by atoms with Gasteiger partial charge in [0, 0.05) is 38.7 Å². The average Bonchev–Trinajstić information content (AvgIpc) is 2.90. The lowest BCUT2D eigenvalue weighted by Gasteiger charge is -2.40. The van der Waals surface area contributed by atoms with Gasteiger partial charge in [0.05, 0.1) is 29.0 Å². The van der Waals surface area contributed by atoms with Gasteiger partial charge in [-0.3, -0.25) is 4.68 Å². The van der Waals surface area contributed by atoms with Gasteiger partial charge in [-0.1, -0.05) is 17.7 Å². The molecule has 148 valence electrons. The van der Waals surface area contributed by atoms with Crippen LogP contribution in [-0.4, -0.2) is 47.0 Å². The Labute approximate surface area is 171 Å². The normalized spacial score (nSPS) is 17.3. The number of benzene rings is 1. The van der Waals surface area contributed by atoms with Crippen molar-refractivity contribution in [2.24, 2.45) is 7.05 Å². The lowest BCUT2D eigenvalue weighted by Crippen LogP contribution is -2.45. The highest BCUT2D eigenvalue weighted by molar-refractivity contribution is 7.97. The number of methoxy groups -OCH3 is 2. The minimum Gasteiger partial charge on any atom is -0.496 e. The van der Waals surface area contributed by atoms with Crippen molar-refractivity contribution in [2.75, 3.05) is 27.3 Å². The van der Waals surface area contributed by atoms with Gasteiger partial charge in [0.25, 0.3) is 0 Å². The van der Waals surface area contributed by atoms with Crippen LogP contribution in [0.25, 0.3) is 0 Å². The fourth-order valence-electron chi connectivity index (χ4n) is 3.66. The Morgan fingerprint density at radius 1 is 1.22 bits per heavy atom. The Kier molecular flexibility index (Phi) is 6.41. The van der Waals surface area contributed by atoms with Crippen LogP contribution in [0.4, 0.5) is 0 Å². The summed E-state index contributed by atoms with van der Waals surface area (Å²) in [5.41, 5.74) is 3.28. The van der Waals surface area contributed by atoms with Gasteiger partial charge in [0.1, 0.15) is 5.75 Å². The molecule has 5 nitrogen and oxygen atoms in total. The van der Waals surface area contributed by atoms with E-state index < -0.39 is 0 Å². The molecule has 1 saturated heterocycles. The maximum atomic E-state index is 6.10. The quantitative estimate of drug-likeness (QED) is 0.660. The van der Waals surface area contributed by atoms with Gasteiger partial charge in [-0.05, 0) is 56.3 Å². The molecule has 2 aromatic rings. The Morgan fingerprint density at radius 2 is 1.93 bits per heavy atom. The van der Waals surface area contributed by atoms with Crippen molar-refractivity contribution in [3.63, 3.8) is 0 Å². The van der Waals surface area contributed by atoms with E-state index in [1.165, 1.54) is 10.6 Å². The zero-order chi connectivity index (χ0) is 19.6. The number of ether oxygens (including phenoxy) is 2. The van der Waals surface area contributed by atoms with E-state index in [0.717, 1.165) is 49.4 Å². The largest absolute Gasteiger partial charge is 0.496 e. The average molecular weight is 410 g/mol. The van der Waals surface area contributed by atoms with E-state index in [-0.39, 0.29) is 5.60 Å². The second-order valence-corrected chi connectivity index (χ2v) is 8.71. The maximum absolute atomic E-state index is 6.10. The zero-order valence-corrected chi connectivity index (χ0v) is 18.3. The topological polar surface area (TPSA) is 39.5 Å². The highest BCUT2D eigenvalue weighted by Crippen LogP contribution is 2.38. The summed E-state index contributed by atoms with van der Waals surface area (Å²) in [4.78, 5) is 1.27. The molecule has 0 atom stereocenters. The number of piperidine rings is 1. The first-order chi connectivity index (χ1) is 12.9. The minimum atomic E-state index is -0.169. The van der Waals surface area contributed by atoms with Crippen molar-refractivity contribution in [1.29, 1.82) is 0 Å². The molecule has 27 heavy (non-hydrogen) atoms. The lowest BCUT2D eigenvalue weighted by molar-refractivity contribution is -0.0440. The molecule has 0 spiro atoms. The van der Waals surface area contributed by atoms with Crippen molar-refractivity contribution in [3.8, 4) is 5.75 Å². The third-order valence-electron chi connectivity index (χ3n) is 5.49. The van der Waals surface area contributed by atoms with Gasteiger partial charge < -0.3 is 9.47 Å². The number of halogens is 1. The third kappa shape index (κ3) is 4.45. The number of hydrogen-bond donors (Lipinski definition) is 0. The summed E-state index contributed by atoms with van der Waals surface area (Å²) in [6.45, 7) is 6.15. The summed E-state index contributed by atoms with van der Waals surface area (Å²) in [7, 11) is 5.51. The summed E-state index contributed by atoms with van der Waals surface area (Å²) in [6, 6.07) is 5.84. The van der Waals surface area contributed by atoms with Crippen LogP contribution < -0.4 is 4.74 Å². The number of hydrogen-bond acceptors (Lipinski definition) is 5. The van der Waals surface area contributed by atoms with Crippen LogP contribution in [0.1, 0.15) is 29.8 Å². The molecular formula is C20H28ClN3O2S. The molecule has 1 aromatic carbocycles. The minimum absolute atomic E-state index is 0.169. The predicted octanol–water partition coefficient (Wildman–Crippen LogP) is 4.43. The van der Waals surface area contributed by atoms with E-state index in [1.54, 1.807) is 7.11 Å². The molecule has 0 saturated carbocycles. The predicted molar refractivity (Wildman–Crippen MR) is 111 cm³/mol. The Bertz CT molecular complexity index is 801. The van der Waals surface area contributed by atoms with E-state index in [2.05, 4.69) is 23.3 Å². The van der Waals surface area contributed by atoms with Crippen LogP contribution in [0.3, 0.4) is 0 Å². The van der Waals surface area contributed by atoms with E-state index in [1.807, 2.05) is 49.0 Å². The smallest absolute Gasteiger partial charge is 0.123 e. The molecule has 1 fully saturated rings. The maximum Gasteiger partial charge on any atom is 0.123 e. The summed E-state index contributed by atoms with van der Waals surface area (Å²) >= 11 is 7.92. The van der Waals surface area contributed by atoms with Crippen LogP contribution in [-0.2, 0) is 18.2 Å². The van der Waals surface area contributed by atoms with E-state index in [0.29, 0.717) is 5.02 Å². The molecule has 0 amide bonds. The second-order valence-electron chi connectivity index (χ2n) is 7.16. The molecule has 0 bridgehead atoms. The molecule has 1 aliphatic heterocycles. The molecule has 1 aromatic heterocycles. The highest BCUT2D eigenvalue weighted by atomic mass is 35.5. The first kappa shape index (κ1) is 20.5. The van der Waals surface area contributed by atoms with Crippen LogP contribution >= 0.6 is 23.5 Å². The van der Waals surface area contributed by atoms with Gasteiger partial charge in [-0.25, -0.2) is 4.31 Å². The fourth-order valence-corrected chi connectivity index (χ4v) is 4.89. The highest BCUT2D eigenvalue weighted by Gasteiger charge is 2.36.